The standard InChI is InChI=1S/C12H9N3O4/c16-9-6-8(12(18)19)13-11(10(9)17)15-14-7-4-2-1-3-5-7/h1-6,17H,(H,13,16)(H,18,19)/b15-14+. The molecule has 0 bridgehead atoms. The maximum Gasteiger partial charge on any atom is 0.354 e. The number of aromatic nitrogens is 1. The number of carbonyl (C=O) groups is 1. The summed E-state index contributed by atoms with van der Waals surface area (Å²) in [4.78, 5) is 14.3. The summed E-state index contributed by atoms with van der Waals surface area (Å²) in [5.41, 5.74) is 0.0706. The number of benzene rings is 1. The number of pyridine rings is 1. The van der Waals surface area contributed by atoms with Gasteiger partial charge in [-0.25, -0.2) is 9.78 Å². The summed E-state index contributed by atoms with van der Waals surface area (Å²) in [6.07, 6.45) is 0. The van der Waals surface area contributed by atoms with Crippen LogP contribution in [-0.4, -0.2) is 26.3 Å². The summed E-state index contributed by atoms with van der Waals surface area (Å²) < 4.78 is 0. The average molecular weight is 259 g/mol. The SMILES string of the molecule is O=C(O)c1cc(O)c(O)c(/N=N/c2ccccc2)n1. The van der Waals surface area contributed by atoms with Crippen molar-refractivity contribution in [1.82, 2.24) is 4.98 Å². The van der Waals surface area contributed by atoms with Gasteiger partial charge in [-0.3, -0.25) is 0 Å². The number of hydrogen-bond donors (Lipinski definition) is 3. The molecule has 3 N–H and O–H groups in total. The Labute approximate surface area is 107 Å². The molecule has 96 valence electrons. The summed E-state index contributed by atoms with van der Waals surface area (Å²) in [5, 5.41) is 35.1. The third-order valence-electron chi connectivity index (χ3n) is 2.19. The molecule has 7 nitrogen and oxygen atoms in total. The fourth-order valence-electron chi connectivity index (χ4n) is 1.29. The fourth-order valence-corrected chi connectivity index (χ4v) is 1.29. The van der Waals surface area contributed by atoms with Gasteiger partial charge in [0.15, 0.2) is 11.4 Å². The minimum absolute atomic E-state index is 0.360. The molecule has 19 heavy (non-hydrogen) atoms. The lowest BCUT2D eigenvalue weighted by Gasteiger charge is -2.01. The fraction of sp³-hybridized carbons (Fsp3) is 0. The van der Waals surface area contributed by atoms with Crippen molar-refractivity contribution in [2.75, 3.05) is 0 Å². The van der Waals surface area contributed by atoms with Gasteiger partial charge in [-0.05, 0) is 12.1 Å². The Balaban J connectivity index is 2.39. The lowest BCUT2D eigenvalue weighted by atomic mass is 10.3. The highest BCUT2D eigenvalue weighted by molar-refractivity contribution is 5.87. The molecule has 0 fully saturated rings. The third-order valence-corrected chi connectivity index (χ3v) is 2.19. The van der Waals surface area contributed by atoms with Gasteiger partial charge in [0.05, 0.1) is 5.69 Å². The molecule has 0 aliphatic rings. The molecule has 7 heteroatoms. The zero-order valence-electron chi connectivity index (χ0n) is 9.56. The van der Waals surface area contributed by atoms with Gasteiger partial charge < -0.3 is 15.3 Å². The van der Waals surface area contributed by atoms with Gasteiger partial charge in [-0.1, -0.05) is 18.2 Å². The third kappa shape index (κ3) is 2.83. The summed E-state index contributed by atoms with van der Waals surface area (Å²) in [6, 6.07) is 9.45. The van der Waals surface area contributed by atoms with Crippen LogP contribution in [0.4, 0.5) is 11.5 Å². The minimum atomic E-state index is -1.34. The van der Waals surface area contributed by atoms with Crippen LogP contribution in [0.3, 0.4) is 0 Å². The van der Waals surface area contributed by atoms with E-state index >= 15 is 0 Å². The van der Waals surface area contributed by atoms with Gasteiger partial charge >= 0.3 is 5.97 Å². The van der Waals surface area contributed by atoms with Gasteiger partial charge in [-0.15, -0.1) is 10.2 Å². The second kappa shape index (κ2) is 5.13. The first-order valence-corrected chi connectivity index (χ1v) is 5.21. The van der Waals surface area contributed by atoms with Crippen LogP contribution in [0.5, 0.6) is 11.5 Å². The highest BCUT2D eigenvalue weighted by Gasteiger charge is 2.14. The van der Waals surface area contributed by atoms with Crippen molar-refractivity contribution in [3.05, 3.63) is 42.1 Å². The monoisotopic (exact) mass is 259 g/mol. The second-order valence-corrected chi connectivity index (χ2v) is 3.54. The predicted octanol–water partition coefficient (Wildman–Crippen LogP) is 2.61. The Bertz CT molecular complexity index is 641. The van der Waals surface area contributed by atoms with Crippen molar-refractivity contribution >= 4 is 17.5 Å². The van der Waals surface area contributed by atoms with E-state index in [-0.39, 0.29) is 5.82 Å². The Morgan fingerprint density at radius 3 is 2.42 bits per heavy atom. The molecule has 2 aromatic rings. The summed E-state index contributed by atoms with van der Waals surface area (Å²) in [7, 11) is 0. The summed E-state index contributed by atoms with van der Waals surface area (Å²) >= 11 is 0. The van der Waals surface area contributed by atoms with Gasteiger partial charge in [0.1, 0.15) is 0 Å². The van der Waals surface area contributed by atoms with Crippen molar-refractivity contribution in [2.24, 2.45) is 10.2 Å². The first-order chi connectivity index (χ1) is 9.08. The van der Waals surface area contributed by atoms with E-state index in [1.807, 2.05) is 0 Å². The van der Waals surface area contributed by atoms with E-state index < -0.39 is 23.2 Å². The zero-order chi connectivity index (χ0) is 13.8. The molecular formula is C12H9N3O4. The molecule has 0 saturated heterocycles. The molecule has 1 aromatic carbocycles. The molecule has 0 radical (unpaired) electrons. The van der Waals surface area contributed by atoms with Crippen molar-refractivity contribution in [2.45, 2.75) is 0 Å². The van der Waals surface area contributed by atoms with E-state index in [0.29, 0.717) is 5.69 Å². The van der Waals surface area contributed by atoms with Gasteiger partial charge in [0, 0.05) is 6.07 Å². The van der Waals surface area contributed by atoms with Crippen molar-refractivity contribution in [3.8, 4) is 11.5 Å². The number of carboxylic acids is 1. The number of rotatable bonds is 3. The Hall–Kier alpha value is -2.96. The Morgan fingerprint density at radius 2 is 1.79 bits per heavy atom. The van der Waals surface area contributed by atoms with Crippen molar-refractivity contribution in [1.29, 1.82) is 0 Å². The predicted molar refractivity (Wildman–Crippen MR) is 65.1 cm³/mol. The average Bonchev–Trinajstić information content (AvgIpc) is 2.41. The molecule has 0 aliphatic carbocycles. The molecule has 0 atom stereocenters. The van der Waals surface area contributed by atoms with Crippen LogP contribution in [-0.2, 0) is 0 Å². The van der Waals surface area contributed by atoms with Gasteiger partial charge in [0.2, 0.25) is 11.6 Å². The molecule has 0 aliphatic heterocycles. The molecule has 1 heterocycles. The molecule has 0 unspecified atom stereocenters. The highest BCUT2D eigenvalue weighted by Crippen LogP contribution is 2.34. The van der Waals surface area contributed by atoms with E-state index in [4.69, 9.17) is 5.11 Å². The smallest absolute Gasteiger partial charge is 0.354 e. The normalized spacial score (nSPS) is 10.7. The van der Waals surface area contributed by atoms with E-state index in [0.717, 1.165) is 6.07 Å². The van der Waals surface area contributed by atoms with Crippen LogP contribution in [0.1, 0.15) is 10.5 Å². The molecule has 0 amide bonds. The van der Waals surface area contributed by atoms with Crippen LogP contribution < -0.4 is 0 Å². The number of carboxylic acid groups (broad SMARTS) is 1. The van der Waals surface area contributed by atoms with Crippen molar-refractivity contribution in [3.63, 3.8) is 0 Å². The van der Waals surface area contributed by atoms with Crippen molar-refractivity contribution < 1.29 is 20.1 Å². The molecule has 0 spiro atoms. The van der Waals surface area contributed by atoms with Crippen LogP contribution >= 0.6 is 0 Å². The lowest BCUT2D eigenvalue weighted by Crippen LogP contribution is -1.99. The topological polar surface area (TPSA) is 115 Å². The molecule has 2 rings (SSSR count). The maximum absolute atomic E-state index is 10.8. The number of hydrogen-bond acceptors (Lipinski definition) is 6. The van der Waals surface area contributed by atoms with Crippen LogP contribution in [0.15, 0.2) is 46.6 Å². The van der Waals surface area contributed by atoms with Crippen LogP contribution in [0.25, 0.3) is 0 Å². The minimum Gasteiger partial charge on any atom is -0.504 e. The van der Waals surface area contributed by atoms with E-state index in [2.05, 4.69) is 15.2 Å². The van der Waals surface area contributed by atoms with Crippen LogP contribution in [0.2, 0.25) is 0 Å². The van der Waals surface area contributed by atoms with Gasteiger partial charge in [0.25, 0.3) is 0 Å². The van der Waals surface area contributed by atoms with Crippen LogP contribution in [0, 0.1) is 0 Å². The first-order valence-electron chi connectivity index (χ1n) is 5.21. The van der Waals surface area contributed by atoms with Gasteiger partial charge in [-0.2, -0.15) is 0 Å². The highest BCUT2D eigenvalue weighted by atomic mass is 16.4. The van der Waals surface area contributed by atoms with E-state index in [1.165, 1.54) is 0 Å². The molecule has 1 aromatic heterocycles. The lowest BCUT2D eigenvalue weighted by molar-refractivity contribution is 0.0690. The quantitative estimate of drug-likeness (QED) is 0.732. The van der Waals surface area contributed by atoms with E-state index in [9.17, 15) is 15.0 Å². The second-order valence-electron chi connectivity index (χ2n) is 3.54. The maximum atomic E-state index is 10.8. The summed E-state index contributed by atoms with van der Waals surface area (Å²) in [5.74, 6) is -2.94. The molecular weight excluding hydrogens is 250 g/mol. The first kappa shape index (κ1) is 12.5. The largest absolute Gasteiger partial charge is 0.504 e. The zero-order valence-corrected chi connectivity index (χ0v) is 9.56. The Kier molecular flexibility index (Phi) is 3.37. The number of azo groups is 1. The molecule has 0 saturated carbocycles. The number of aromatic carboxylic acids is 1. The van der Waals surface area contributed by atoms with E-state index in [1.54, 1.807) is 30.3 Å². The number of aromatic hydroxyl groups is 2. The number of nitrogens with zero attached hydrogens (tertiary/aromatic N) is 3. The summed E-state index contributed by atoms with van der Waals surface area (Å²) in [6.45, 7) is 0. The Morgan fingerprint density at radius 1 is 1.11 bits per heavy atom.